The number of hydrogen-bond acceptors (Lipinski definition) is 4. The van der Waals surface area contributed by atoms with Gasteiger partial charge in [0.05, 0.1) is 6.61 Å². The van der Waals surface area contributed by atoms with Crippen molar-refractivity contribution in [3.8, 4) is 0 Å². The fraction of sp³-hybridized carbons (Fsp3) is 0.200. The first-order chi connectivity index (χ1) is 9.70. The minimum Gasteiger partial charge on any atom is -0.464 e. The average molecular weight is 291 g/mol. The summed E-state index contributed by atoms with van der Waals surface area (Å²) in [5, 5.41) is 3.78. The molecule has 0 fully saturated rings. The molecule has 1 heterocycles. The molecule has 2 aromatic rings. The van der Waals surface area contributed by atoms with Gasteiger partial charge in [-0.3, -0.25) is 4.98 Å². The van der Waals surface area contributed by atoms with Crippen molar-refractivity contribution >= 4 is 23.3 Å². The number of nitrogens with zero attached hydrogens (tertiary/aromatic N) is 1. The molecule has 5 heteroatoms. The third kappa shape index (κ3) is 3.71. The van der Waals surface area contributed by atoms with Gasteiger partial charge in [0.15, 0.2) is 6.04 Å². The molecule has 0 aliphatic rings. The number of carbonyl (C=O) groups excluding carboxylic acids is 1. The summed E-state index contributed by atoms with van der Waals surface area (Å²) >= 11 is 5.85. The van der Waals surface area contributed by atoms with Crippen molar-refractivity contribution < 1.29 is 9.53 Å². The van der Waals surface area contributed by atoms with Crippen LogP contribution < -0.4 is 5.32 Å². The van der Waals surface area contributed by atoms with E-state index in [1.165, 1.54) is 0 Å². The van der Waals surface area contributed by atoms with Gasteiger partial charge in [-0.05, 0) is 37.3 Å². The fourth-order valence-electron chi connectivity index (χ4n) is 1.76. The summed E-state index contributed by atoms with van der Waals surface area (Å²) < 4.78 is 5.10. The number of benzene rings is 1. The molecule has 2 rings (SSSR count). The fourth-order valence-corrected chi connectivity index (χ4v) is 1.89. The maximum absolute atomic E-state index is 12.1. The van der Waals surface area contributed by atoms with Crippen LogP contribution in [0.4, 0.5) is 5.69 Å². The van der Waals surface area contributed by atoms with Crippen molar-refractivity contribution in [3.05, 3.63) is 59.4 Å². The second-order valence-corrected chi connectivity index (χ2v) is 4.56. The van der Waals surface area contributed by atoms with E-state index >= 15 is 0 Å². The molecule has 0 bridgehead atoms. The van der Waals surface area contributed by atoms with E-state index in [1.54, 1.807) is 37.5 Å². The van der Waals surface area contributed by atoms with Crippen LogP contribution >= 0.6 is 11.6 Å². The van der Waals surface area contributed by atoms with Crippen LogP contribution in [0.5, 0.6) is 0 Å². The standard InChI is InChI=1S/C15H15ClN2O2/c1-2-20-15(19)14(11-4-3-9-17-10-11)18-13-7-5-12(16)6-8-13/h3-10,14,18H,2H2,1H3. The first-order valence-corrected chi connectivity index (χ1v) is 6.67. The molecule has 20 heavy (non-hydrogen) atoms. The first-order valence-electron chi connectivity index (χ1n) is 6.29. The highest BCUT2D eigenvalue weighted by Crippen LogP contribution is 2.21. The molecule has 0 saturated carbocycles. The summed E-state index contributed by atoms with van der Waals surface area (Å²) in [6, 6.07) is 10.2. The van der Waals surface area contributed by atoms with Crippen LogP contribution in [0, 0.1) is 0 Å². The van der Waals surface area contributed by atoms with Crippen LogP contribution in [0.25, 0.3) is 0 Å². The van der Waals surface area contributed by atoms with Gasteiger partial charge < -0.3 is 10.1 Å². The van der Waals surface area contributed by atoms with Crippen molar-refractivity contribution in [2.45, 2.75) is 13.0 Å². The highest BCUT2D eigenvalue weighted by molar-refractivity contribution is 6.30. The van der Waals surface area contributed by atoms with Gasteiger partial charge in [-0.25, -0.2) is 4.79 Å². The molecular weight excluding hydrogens is 276 g/mol. The predicted molar refractivity (Wildman–Crippen MR) is 78.7 cm³/mol. The van der Waals surface area contributed by atoms with E-state index < -0.39 is 6.04 Å². The molecule has 1 atom stereocenters. The lowest BCUT2D eigenvalue weighted by Gasteiger charge is -2.18. The second kappa shape index (κ2) is 6.91. The molecule has 0 amide bonds. The minimum atomic E-state index is -0.593. The maximum Gasteiger partial charge on any atom is 0.333 e. The Morgan fingerprint density at radius 2 is 2.10 bits per heavy atom. The van der Waals surface area contributed by atoms with Gasteiger partial charge in [0.2, 0.25) is 0 Å². The Labute approximate surface area is 122 Å². The third-order valence-corrected chi connectivity index (χ3v) is 2.95. The zero-order valence-corrected chi connectivity index (χ0v) is 11.8. The van der Waals surface area contributed by atoms with Crippen molar-refractivity contribution in [2.75, 3.05) is 11.9 Å². The summed E-state index contributed by atoms with van der Waals surface area (Å²) in [5.74, 6) is -0.338. The van der Waals surface area contributed by atoms with E-state index in [0.29, 0.717) is 11.6 Å². The number of anilines is 1. The van der Waals surface area contributed by atoms with E-state index in [-0.39, 0.29) is 5.97 Å². The van der Waals surface area contributed by atoms with Crippen molar-refractivity contribution in [1.29, 1.82) is 0 Å². The molecule has 0 saturated heterocycles. The minimum absolute atomic E-state index is 0.331. The smallest absolute Gasteiger partial charge is 0.333 e. The number of esters is 1. The van der Waals surface area contributed by atoms with Crippen LogP contribution in [0.1, 0.15) is 18.5 Å². The Balaban J connectivity index is 2.23. The highest BCUT2D eigenvalue weighted by atomic mass is 35.5. The van der Waals surface area contributed by atoms with Crippen molar-refractivity contribution in [1.82, 2.24) is 4.98 Å². The number of halogens is 1. The highest BCUT2D eigenvalue weighted by Gasteiger charge is 2.21. The Bertz CT molecular complexity index is 558. The largest absolute Gasteiger partial charge is 0.464 e. The summed E-state index contributed by atoms with van der Waals surface area (Å²) in [6.45, 7) is 2.11. The summed E-state index contributed by atoms with van der Waals surface area (Å²) in [5.41, 5.74) is 1.54. The molecule has 0 aliphatic heterocycles. The van der Waals surface area contributed by atoms with Gasteiger partial charge in [-0.15, -0.1) is 0 Å². The molecule has 104 valence electrons. The molecule has 1 aromatic carbocycles. The molecule has 0 aliphatic carbocycles. The summed E-state index contributed by atoms with van der Waals surface area (Å²) in [7, 11) is 0. The van der Waals surface area contributed by atoms with Crippen LogP contribution in [0.2, 0.25) is 5.02 Å². The number of nitrogens with one attached hydrogen (secondary N) is 1. The molecule has 0 spiro atoms. The Morgan fingerprint density at radius 3 is 2.70 bits per heavy atom. The van der Waals surface area contributed by atoms with E-state index in [9.17, 15) is 4.79 Å². The van der Waals surface area contributed by atoms with Crippen LogP contribution in [0.3, 0.4) is 0 Å². The maximum atomic E-state index is 12.1. The van der Waals surface area contributed by atoms with E-state index in [0.717, 1.165) is 11.3 Å². The predicted octanol–water partition coefficient (Wildman–Crippen LogP) is 3.45. The average Bonchev–Trinajstić information content (AvgIpc) is 2.48. The van der Waals surface area contributed by atoms with Crippen molar-refractivity contribution in [2.24, 2.45) is 0 Å². The zero-order valence-electron chi connectivity index (χ0n) is 11.0. The first kappa shape index (κ1) is 14.3. The lowest BCUT2D eigenvalue weighted by molar-refractivity contribution is -0.144. The number of ether oxygens (including phenoxy) is 1. The molecular formula is C15H15ClN2O2. The van der Waals surface area contributed by atoms with Crippen LogP contribution in [-0.2, 0) is 9.53 Å². The lowest BCUT2D eigenvalue weighted by atomic mass is 10.1. The van der Waals surface area contributed by atoms with E-state index in [2.05, 4.69) is 10.3 Å². The Hall–Kier alpha value is -2.07. The van der Waals surface area contributed by atoms with Gasteiger partial charge >= 0.3 is 5.97 Å². The van der Waals surface area contributed by atoms with E-state index in [4.69, 9.17) is 16.3 Å². The number of rotatable bonds is 5. The second-order valence-electron chi connectivity index (χ2n) is 4.12. The van der Waals surface area contributed by atoms with Crippen molar-refractivity contribution in [3.63, 3.8) is 0 Å². The van der Waals surface area contributed by atoms with Crippen LogP contribution in [-0.4, -0.2) is 17.6 Å². The van der Waals surface area contributed by atoms with Gasteiger partial charge in [0.25, 0.3) is 0 Å². The molecule has 1 N–H and O–H groups in total. The quantitative estimate of drug-likeness (QED) is 0.857. The van der Waals surface area contributed by atoms with Crippen LogP contribution in [0.15, 0.2) is 48.8 Å². The third-order valence-electron chi connectivity index (χ3n) is 2.70. The van der Waals surface area contributed by atoms with Gasteiger partial charge in [0.1, 0.15) is 0 Å². The normalized spacial score (nSPS) is 11.7. The molecule has 0 radical (unpaired) electrons. The number of carbonyl (C=O) groups is 1. The van der Waals surface area contributed by atoms with Gasteiger partial charge in [0, 0.05) is 28.7 Å². The number of pyridine rings is 1. The number of hydrogen-bond donors (Lipinski definition) is 1. The molecule has 4 nitrogen and oxygen atoms in total. The Kier molecular flexibility index (Phi) is 4.96. The van der Waals surface area contributed by atoms with Gasteiger partial charge in [-0.1, -0.05) is 17.7 Å². The lowest BCUT2D eigenvalue weighted by Crippen LogP contribution is -2.23. The number of aromatic nitrogens is 1. The summed E-state index contributed by atoms with van der Waals surface area (Å²) in [4.78, 5) is 16.1. The van der Waals surface area contributed by atoms with E-state index in [1.807, 2.05) is 18.2 Å². The Morgan fingerprint density at radius 1 is 1.35 bits per heavy atom. The topological polar surface area (TPSA) is 51.2 Å². The van der Waals surface area contributed by atoms with Gasteiger partial charge in [-0.2, -0.15) is 0 Å². The molecule has 1 unspecified atom stereocenters. The molecule has 1 aromatic heterocycles. The SMILES string of the molecule is CCOC(=O)C(Nc1ccc(Cl)cc1)c1cccnc1. The summed E-state index contributed by atoms with van der Waals surface area (Å²) in [6.07, 6.45) is 3.30. The monoisotopic (exact) mass is 290 g/mol. The zero-order chi connectivity index (χ0) is 14.4.